The Labute approximate surface area is 244 Å². The van der Waals surface area contributed by atoms with E-state index in [1.165, 1.54) is 166 Å². The van der Waals surface area contributed by atoms with Gasteiger partial charge in [0.05, 0.1) is 13.1 Å². The standard InChI is InChI=1S/C37H65N2/c1-3-5-7-9-11-13-14-15-17-19-21-26-32-38-34-35-39(33-27-30-36-28-23-22-24-29-36)37(38)31-25-20-18-16-12-10-8-6-4-2/h22-24,28-29,34-35H,3-21,25-27,30-33H2,1-2H3/q+1. The van der Waals surface area contributed by atoms with E-state index in [4.69, 9.17) is 0 Å². The number of unbranched alkanes of at least 4 members (excludes halogenated alkanes) is 19. The van der Waals surface area contributed by atoms with Crippen LogP contribution in [-0.2, 0) is 25.9 Å². The summed E-state index contributed by atoms with van der Waals surface area (Å²) in [6.07, 6.45) is 38.1. The lowest BCUT2D eigenvalue weighted by Crippen LogP contribution is -2.37. The predicted octanol–water partition coefficient (Wildman–Crippen LogP) is 11.2. The van der Waals surface area contributed by atoms with E-state index in [2.05, 4.69) is 65.7 Å². The highest BCUT2D eigenvalue weighted by Gasteiger charge is 2.16. The Balaban J connectivity index is 1.68. The summed E-state index contributed by atoms with van der Waals surface area (Å²) in [5.74, 6) is 1.58. The lowest BCUT2D eigenvalue weighted by molar-refractivity contribution is -0.704. The molecule has 0 saturated heterocycles. The maximum Gasteiger partial charge on any atom is 0.256 e. The Morgan fingerprint density at radius 2 is 1.00 bits per heavy atom. The third-order valence-corrected chi connectivity index (χ3v) is 8.55. The number of rotatable bonds is 27. The molecule has 39 heavy (non-hydrogen) atoms. The summed E-state index contributed by atoms with van der Waals surface area (Å²) in [7, 11) is 0. The van der Waals surface area contributed by atoms with E-state index in [0.29, 0.717) is 0 Å². The molecule has 1 heterocycles. The minimum atomic E-state index is 1.15. The number of nitrogens with zero attached hydrogens (tertiary/aromatic N) is 2. The molecule has 1 aromatic heterocycles. The summed E-state index contributed by atoms with van der Waals surface area (Å²) < 4.78 is 5.18. The summed E-state index contributed by atoms with van der Waals surface area (Å²) in [5, 5.41) is 0. The van der Waals surface area contributed by atoms with Crippen LogP contribution in [0.5, 0.6) is 0 Å². The predicted molar refractivity (Wildman–Crippen MR) is 171 cm³/mol. The number of imidazole rings is 1. The third-order valence-electron chi connectivity index (χ3n) is 8.55. The Morgan fingerprint density at radius 1 is 0.513 bits per heavy atom. The lowest BCUT2D eigenvalue weighted by Gasteiger charge is -2.07. The van der Waals surface area contributed by atoms with Gasteiger partial charge in [-0.15, -0.1) is 0 Å². The molecule has 0 bridgehead atoms. The largest absolute Gasteiger partial charge is 0.256 e. The van der Waals surface area contributed by atoms with Crippen LogP contribution >= 0.6 is 0 Å². The molecule has 0 aliphatic rings. The Bertz CT molecular complexity index is 778. The van der Waals surface area contributed by atoms with Crippen LogP contribution in [0, 0.1) is 0 Å². The molecule has 0 aliphatic heterocycles. The zero-order valence-electron chi connectivity index (χ0n) is 26.3. The average Bonchev–Trinajstić information content (AvgIpc) is 3.34. The monoisotopic (exact) mass is 538 g/mol. The van der Waals surface area contributed by atoms with Crippen LogP contribution in [0.15, 0.2) is 42.7 Å². The van der Waals surface area contributed by atoms with Crippen LogP contribution in [0.4, 0.5) is 0 Å². The number of benzene rings is 1. The van der Waals surface area contributed by atoms with Gasteiger partial charge in [0.2, 0.25) is 0 Å². The van der Waals surface area contributed by atoms with E-state index >= 15 is 0 Å². The molecule has 0 unspecified atom stereocenters. The van der Waals surface area contributed by atoms with Gasteiger partial charge in [-0.3, -0.25) is 0 Å². The van der Waals surface area contributed by atoms with Crippen LogP contribution in [0.2, 0.25) is 0 Å². The van der Waals surface area contributed by atoms with Gasteiger partial charge >= 0.3 is 0 Å². The first-order valence-corrected chi connectivity index (χ1v) is 17.5. The van der Waals surface area contributed by atoms with Gasteiger partial charge in [0.15, 0.2) is 0 Å². The summed E-state index contributed by atoms with van der Waals surface area (Å²) >= 11 is 0. The second-order valence-electron chi connectivity index (χ2n) is 12.2. The molecule has 2 nitrogen and oxygen atoms in total. The number of aryl methyl sites for hydroxylation is 3. The highest BCUT2D eigenvalue weighted by molar-refractivity contribution is 5.14. The first-order valence-electron chi connectivity index (χ1n) is 17.5. The number of hydrogen-bond donors (Lipinski definition) is 0. The van der Waals surface area contributed by atoms with Crippen molar-refractivity contribution in [3.05, 3.63) is 54.1 Å². The molecule has 0 spiro atoms. The minimum absolute atomic E-state index is 1.15. The molecular formula is C37H65N2+. The topological polar surface area (TPSA) is 8.81 Å². The first kappa shape index (κ1) is 33.6. The Morgan fingerprint density at radius 3 is 1.54 bits per heavy atom. The van der Waals surface area contributed by atoms with Crippen molar-refractivity contribution < 1.29 is 4.57 Å². The minimum Gasteiger partial charge on any atom is -0.234 e. The maximum atomic E-state index is 2.60. The van der Waals surface area contributed by atoms with E-state index < -0.39 is 0 Å². The van der Waals surface area contributed by atoms with Crippen molar-refractivity contribution in [2.75, 3.05) is 0 Å². The van der Waals surface area contributed by atoms with Crippen molar-refractivity contribution in [1.82, 2.24) is 4.57 Å². The molecule has 0 fully saturated rings. The normalized spacial score (nSPS) is 11.4. The highest BCUT2D eigenvalue weighted by Crippen LogP contribution is 2.14. The summed E-state index contributed by atoms with van der Waals surface area (Å²) in [4.78, 5) is 0. The lowest BCUT2D eigenvalue weighted by atomic mass is 10.1. The summed E-state index contributed by atoms with van der Waals surface area (Å²) in [6, 6.07) is 11.0. The van der Waals surface area contributed by atoms with Crippen LogP contribution in [0.1, 0.15) is 166 Å². The van der Waals surface area contributed by atoms with Gasteiger partial charge in [-0.25, -0.2) is 9.13 Å². The Hall–Kier alpha value is -1.57. The molecule has 0 amide bonds. The van der Waals surface area contributed by atoms with Gasteiger partial charge in [-0.2, -0.15) is 0 Å². The van der Waals surface area contributed by atoms with Crippen molar-refractivity contribution in [3.8, 4) is 0 Å². The smallest absolute Gasteiger partial charge is 0.234 e. The van der Waals surface area contributed by atoms with E-state index in [1.54, 1.807) is 5.82 Å². The second-order valence-corrected chi connectivity index (χ2v) is 12.2. The molecule has 0 N–H and O–H groups in total. The molecule has 2 rings (SSSR count). The van der Waals surface area contributed by atoms with Gasteiger partial charge in [-0.05, 0) is 37.7 Å². The zero-order valence-corrected chi connectivity index (χ0v) is 26.3. The quantitative estimate of drug-likeness (QED) is 0.0791. The molecule has 2 aromatic rings. The van der Waals surface area contributed by atoms with Crippen LogP contribution in [0.3, 0.4) is 0 Å². The van der Waals surface area contributed by atoms with Crippen LogP contribution < -0.4 is 4.57 Å². The van der Waals surface area contributed by atoms with Gasteiger partial charge in [-0.1, -0.05) is 160 Å². The summed E-state index contributed by atoms with van der Waals surface area (Å²) in [5.41, 5.74) is 1.47. The average molecular weight is 538 g/mol. The first-order chi connectivity index (χ1) is 19.3. The van der Waals surface area contributed by atoms with Crippen molar-refractivity contribution in [1.29, 1.82) is 0 Å². The summed E-state index contributed by atoms with van der Waals surface area (Å²) in [6.45, 7) is 6.96. The number of aromatic nitrogens is 2. The molecule has 0 saturated carbocycles. The SMILES string of the molecule is CCCCCCCCCCCCCCn1cc[n+](CCCc2ccccc2)c1CCCCCCCCCCC. The van der Waals surface area contributed by atoms with Gasteiger partial charge in [0.25, 0.3) is 5.82 Å². The Kier molecular flexibility index (Phi) is 20.9. The third kappa shape index (κ3) is 17.0. The highest BCUT2D eigenvalue weighted by atomic mass is 15.1. The molecule has 222 valence electrons. The van der Waals surface area contributed by atoms with Crippen molar-refractivity contribution in [2.45, 2.75) is 181 Å². The zero-order chi connectivity index (χ0) is 27.6. The van der Waals surface area contributed by atoms with Gasteiger partial charge in [0, 0.05) is 6.42 Å². The fourth-order valence-electron chi connectivity index (χ4n) is 6.01. The number of hydrogen-bond acceptors (Lipinski definition) is 0. The second kappa shape index (κ2) is 24.2. The van der Waals surface area contributed by atoms with Crippen molar-refractivity contribution in [3.63, 3.8) is 0 Å². The molecule has 0 radical (unpaired) electrons. The molecule has 0 atom stereocenters. The van der Waals surface area contributed by atoms with Crippen molar-refractivity contribution in [2.24, 2.45) is 0 Å². The van der Waals surface area contributed by atoms with E-state index in [-0.39, 0.29) is 0 Å². The fourth-order valence-corrected chi connectivity index (χ4v) is 6.01. The van der Waals surface area contributed by atoms with Crippen LogP contribution in [-0.4, -0.2) is 4.57 Å². The van der Waals surface area contributed by atoms with E-state index in [1.807, 2.05) is 0 Å². The maximum absolute atomic E-state index is 2.60. The molecule has 0 aliphatic carbocycles. The molecule has 2 heteroatoms. The van der Waals surface area contributed by atoms with Gasteiger partial charge < -0.3 is 0 Å². The van der Waals surface area contributed by atoms with E-state index in [0.717, 1.165) is 6.54 Å². The molecular weight excluding hydrogens is 472 g/mol. The van der Waals surface area contributed by atoms with Crippen LogP contribution in [0.25, 0.3) is 0 Å². The molecule has 1 aromatic carbocycles. The van der Waals surface area contributed by atoms with Gasteiger partial charge in [0.1, 0.15) is 12.4 Å². The fraction of sp³-hybridized carbons (Fsp3) is 0.757. The van der Waals surface area contributed by atoms with Crippen molar-refractivity contribution >= 4 is 0 Å². The van der Waals surface area contributed by atoms with E-state index in [9.17, 15) is 0 Å².